The van der Waals surface area contributed by atoms with Crippen molar-refractivity contribution in [3.63, 3.8) is 0 Å². The number of carbonyl (C=O) groups is 2. The molecule has 4 aliphatic carbocycles. The van der Waals surface area contributed by atoms with Crippen LogP contribution in [0, 0.1) is 40.4 Å². The van der Waals surface area contributed by atoms with E-state index in [1.54, 1.807) is 0 Å². The predicted octanol–water partition coefficient (Wildman–Crippen LogP) is 3.83. The molecular weight excluding hydrogens is 328 g/mol. The smallest absolute Gasteiger partial charge is 0.332 e. The van der Waals surface area contributed by atoms with Gasteiger partial charge < -0.3 is 10.2 Å². The first-order valence-electron chi connectivity index (χ1n) is 10.3. The molecule has 0 bridgehead atoms. The Kier molecular flexibility index (Phi) is 4.15. The maximum Gasteiger partial charge on any atom is 0.332 e. The van der Waals surface area contributed by atoms with Crippen LogP contribution in [0.2, 0.25) is 0 Å². The quantitative estimate of drug-likeness (QED) is 0.785. The Morgan fingerprint density at radius 1 is 1.19 bits per heavy atom. The summed E-state index contributed by atoms with van der Waals surface area (Å²) in [6.07, 6.45) is 7.56. The number of allylic oxidation sites excluding steroid dienone is 1. The fourth-order valence-corrected chi connectivity index (χ4v) is 7.79. The molecule has 26 heavy (non-hydrogen) atoms. The number of carboxylic acids is 1. The second-order valence-electron chi connectivity index (χ2n) is 10.0. The van der Waals surface area contributed by atoms with Crippen molar-refractivity contribution >= 4 is 11.8 Å². The van der Waals surface area contributed by atoms with E-state index in [2.05, 4.69) is 20.8 Å². The third-order valence-electron chi connectivity index (χ3n) is 8.99. The lowest BCUT2D eigenvalue weighted by atomic mass is 9.46. The van der Waals surface area contributed by atoms with E-state index in [-0.39, 0.29) is 28.4 Å². The lowest BCUT2D eigenvalue weighted by molar-refractivity contribution is -0.156. The summed E-state index contributed by atoms with van der Waals surface area (Å²) >= 11 is 0. The number of aliphatic carboxylic acids is 1. The average molecular weight is 360 g/mol. The van der Waals surface area contributed by atoms with Gasteiger partial charge in [-0.15, -0.1) is 0 Å². The van der Waals surface area contributed by atoms with E-state index >= 15 is 0 Å². The number of carbonyl (C=O) groups excluding carboxylic acids is 1. The molecule has 2 N–H and O–H groups in total. The molecule has 1 unspecified atom stereocenters. The molecule has 0 aromatic rings. The lowest BCUT2D eigenvalue weighted by Gasteiger charge is -2.58. The van der Waals surface area contributed by atoms with Crippen LogP contribution in [0.1, 0.15) is 65.7 Å². The predicted molar refractivity (Wildman–Crippen MR) is 98.4 cm³/mol. The van der Waals surface area contributed by atoms with Crippen LogP contribution in [0.4, 0.5) is 0 Å². The molecule has 3 saturated carbocycles. The Morgan fingerprint density at radius 2 is 1.92 bits per heavy atom. The summed E-state index contributed by atoms with van der Waals surface area (Å²) in [6, 6.07) is 0. The molecule has 3 fully saturated rings. The van der Waals surface area contributed by atoms with Crippen molar-refractivity contribution < 1.29 is 19.8 Å². The molecule has 4 heteroatoms. The van der Waals surface area contributed by atoms with Gasteiger partial charge in [0.2, 0.25) is 0 Å². The monoisotopic (exact) mass is 360 g/mol. The normalized spacial score (nSPS) is 48.8. The molecule has 4 aliphatic rings. The van der Waals surface area contributed by atoms with Crippen LogP contribution in [-0.2, 0) is 9.59 Å². The number of fused-ring (bicyclic) bond motifs is 5. The highest BCUT2D eigenvalue weighted by Gasteiger charge is 2.62. The molecular formula is C22H32O4. The number of hydrogen-bond donors (Lipinski definition) is 2. The Hall–Kier alpha value is -1.16. The van der Waals surface area contributed by atoms with Crippen molar-refractivity contribution in [3.05, 3.63) is 11.6 Å². The first kappa shape index (κ1) is 18.2. The highest BCUT2D eigenvalue weighted by molar-refractivity contribution is 5.91. The summed E-state index contributed by atoms with van der Waals surface area (Å²) in [4.78, 5) is 23.4. The van der Waals surface area contributed by atoms with E-state index in [1.807, 2.05) is 6.08 Å². The minimum atomic E-state index is -1.25. The maximum atomic E-state index is 11.9. The highest BCUT2D eigenvalue weighted by atomic mass is 16.4. The van der Waals surface area contributed by atoms with Gasteiger partial charge in [-0.25, -0.2) is 4.79 Å². The van der Waals surface area contributed by atoms with E-state index in [4.69, 9.17) is 0 Å². The Bertz CT molecular complexity index is 667. The minimum Gasteiger partial charge on any atom is -0.479 e. The van der Waals surface area contributed by atoms with Gasteiger partial charge in [-0.1, -0.05) is 26.3 Å². The van der Waals surface area contributed by atoms with E-state index in [0.29, 0.717) is 24.2 Å². The molecule has 0 amide bonds. The number of aliphatic hydroxyl groups excluding tert-OH is 1. The average Bonchev–Trinajstić information content (AvgIpc) is 2.85. The second kappa shape index (κ2) is 5.92. The van der Waals surface area contributed by atoms with Gasteiger partial charge in [-0.05, 0) is 79.1 Å². The van der Waals surface area contributed by atoms with E-state index in [0.717, 1.165) is 38.5 Å². The number of ketones is 1. The number of carboxylic acid groups (broad SMARTS) is 1. The molecule has 0 heterocycles. The molecule has 4 nitrogen and oxygen atoms in total. The third kappa shape index (κ3) is 2.37. The molecule has 0 aliphatic heterocycles. The van der Waals surface area contributed by atoms with Gasteiger partial charge in [0.25, 0.3) is 0 Å². The number of aliphatic hydroxyl groups is 1. The number of hydrogen-bond acceptors (Lipinski definition) is 3. The summed E-state index contributed by atoms with van der Waals surface area (Å²) in [5.41, 5.74) is 1.43. The van der Waals surface area contributed by atoms with E-state index < -0.39 is 12.1 Å². The summed E-state index contributed by atoms with van der Waals surface area (Å²) in [7, 11) is 0. The van der Waals surface area contributed by atoms with Crippen LogP contribution < -0.4 is 0 Å². The Morgan fingerprint density at radius 3 is 2.62 bits per heavy atom. The largest absolute Gasteiger partial charge is 0.479 e. The van der Waals surface area contributed by atoms with Crippen LogP contribution >= 0.6 is 0 Å². The molecule has 0 radical (unpaired) electrons. The van der Waals surface area contributed by atoms with Crippen LogP contribution in [0.5, 0.6) is 0 Å². The Labute approximate surface area is 156 Å². The van der Waals surface area contributed by atoms with E-state index in [1.165, 1.54) is 5.57 Å². The second-order valence-corrected chi connectivity index (χ2v) is 10.0. The van der Waals surface area contributed by atoms with Crippen LogP contribution in [0.15, 0.2) is 11.6 Å². The Balaban J connectivity index is 1.67. The zero-order chi connectivity index (χ0) is 18.9. The van der Waals surface area contributed by atoms with Crippen molar-refractivity contribution in [1.29, 1.82) is 0 Å². The zero-order valence-corrected chi connectivity index (χ0v) is 16.2. The standard InChI is InChI=1S/C22H32O4/c1-12-10-17-15-5-4-13-11-14(23)6-8-21(13,2)16(15)7-9-22(17,3)18(12)19(24)20(25)26/h11-12,15-19,24H,4-10H2,1-3H3,(H,25,26)/t12-,15-,16+,17+,18-,19?,21+,22+/m1/s1. The van der Waals surface area contributed by atoms with Crippen molar-refractivity contribution in [2.75, 3.05) is 0 Å². The summed E-state index contributed by atoms with van der Waals surface area (Å²) in [6.45, 7) is 6.74. The molecule has 8 atom stereocenters. The molecule has 0 spiro atoms. The van der Waals surface area contributed by atoms with Crippen LogP contribution in [0.3, 0.4) is 0 Å². The fourth-order valence-electron chi connectivity index (χ4n) is 7.79. The molecule has 144 valence electrons. The van der Waals surface area contributed by atoms with Crippen LogP contribution in [0.25, 0.3) is 0 Å². The fraction of sp³-hybridized carbons (Fsp3) is 0.818. The summed E-state index contributed by atoms with van der Waals surface area (Å²) in [5.74, 6) is 0.995. The van der Waals surface area contributed by atoms with Gasteiger partial charge in [-0.2, -0.15) is 0 Å². The van der Waals surface area contributed by atoms with Gasteiger partial charge in [0, 0.05) is 12.3 Å². The molecule has 0 aromatic heterocycles. The van der Waals surface area contributed by atoms with Gasteiger partial charge in [0.15, 0.2) is 11.9 Å². The zero-order valence-electron chi connectivity index (χ0n) is 16.2. The molecule has 4 rings (SSSR count). The third-order valence-corrected chi connectivity index (χ3v) is 8.99. The minimum absolute atomic E-state index is 0.0829. The maximum absolute atomic E-state index is 11.9. The molecule has 0 aromatic carbocycles. The van der Waals surface area contributed by atoms with Gasteiger partial charge in [-0.3, -0.25) is 4.79 Å². The molecule has 0 saturated heterocycles. The topological polar surface area (TPSA) is 74.6 Å². The van der Waals surface area contributed by atoms with Crippen LogP contribution in [-0.4, -0.2) is 28.1 Å². The summed E-state index contributed by atoms with van der Waals surface area (Å²) < 4.78 is 0. The van der Waals surface area contributed by atoms with Gasteiger partial charge in [0.05, 0.1) is 0 Å². The van der Waals surface area contributed by atoms with Crippen molar-refractivity contribution in [2.45, 2.75) is 71.8 Å². The summed E-state index contributed by atoms with van der Waals surface area (Å²) in [5, 5.41) is 19.8. The van der Waals surface area contributed by atoms with Crippen molar-refractivity contribution in [2.24, 2.45) is 40.4 Å². The highest BCUT2D eigenvalue weighted by Crippen LogP contribution is 2.68. The van der Waals surface area contributed by atoms with Crippen molar-refractivity contribution in [3.8, 4) is 0 Å². The number of rotatable bonds is 2. The van der Waals surface area contributed by atoms with Crippen molar-refractivity contribution in [1.82, 2.24) is 0 Å². The lowest BCUT2D eigenvalue weighted by Crippen LogP contribution is -2.52. The van der Waals surface area contributed by atoms with Gasteiger partial charge >= 0.3 is 5.97 Å². The SMILES string of the molecule is C[C@@H]1C[C@H]2[C@@H]3CCC4=CC(=O)CC[C@]4(C)[C@H]3CC[C@]2(C)[C@H]1C(O)C(=O)O. The van der Waals surface area contributed by atoms with E-state index in [9.17, 15) is 19.8 Å². The van der Waals surface area contributed by atoms with Gasteiger partial charge in [0.1, 0.15) is 0 Å². The first-order valence-corrected chi connectivity index (χ1v) is 10.3. The first-order chi connectivity index (χ1) is 12.2.